The average molecular weight is 814 g/mol. The molecule has 0 aromatic rings. The van der Waals surface area contributed by atoms with Crippen LogP contribution in [-0.4, -0.2) is 101 Å². The van der Waals surface area contributed by atoms with E-state index in [1.165, 1.54) is 0 Å². The lowest BCUT2D eigenvalue weighted by Crippen LogP contribution is -2.44. The lowest BCUT2D eigenvalue weighted by Gasteiger charge is -2.25. The topological polar surface area (TPSA) is 230 Å². The molecular formula is C41H71N3O13. The highest BCUT2D eigenvalue weighted by molar-refractivity contribution is 5.90. The molecule has 3 atom stereocenters. The van der Waals surface area contributed by atoms with E-state index < -0.39 is 64.7 Å². The van der Waals surface area contributed by atoms with Crippen molar-refractivity contribution in [1.82, 2.24) is 16.0 Å². The van der Waals surface area contributed by atoms with E-state index in [1.807, 2.05) is 0 Å². The van der Waals surface area contributed by atoms with E-state index in [0.29, 0.717) is 51.7 Å². The van der Waals surface area contributed by atoms with Crippen molar-refractivity contribution in [2.75, 3.05) is 19.8 Å². The molecule has 0 saturated heterocycles. The summed E-state index contributed by atoms with van der Waals surface area (Å²) >= 11 is 0. The molecule has 328 valence electrons. The van der Waals surface area contributed by atoms with Crippen LogP contribution in [0.3, 0.4) is 0 Å². The van der Waals surface area contributed by atoms with Crippen LogP contribution in [-0.2, 0) is 52.5 Å². The van der Waals surface area contributed by atoms with Crippen molar-refractivity contribution in [2.45, 2.75) is 188 Å². The number of alkyl carbamates (subject to hydrolysis) is 1. The van der Waals surface area contributed by atoms with E-state index in [-0.39, 0.29) is 69.0 Å². The summed E-state index contributed by atoms with van der Waals surface area (Å²) in [5.41, 5.74) is -2.33. The van der Waals surface area contributed by atoms with E-state index in [4.69, 9.17) is 24.1 Å². The molecule has 0 aromatic heterocycles. The third-order valence-corrected chi connectivity index (χ3v) is 7.99. The first-order chi connectivity index (χ1) is 26.3. The molecule has 3 amide bonds. The minimum Gasteiger partial charge on any atom is -0.480 e. The SMILES string of the molecule is CCC(=O)N[C@@H](CCC(=O)C[C@@H](CCC(=O)N[C@@H](CCCCNC(=O)OC(C)(C)C)C(=O)CCCCCCOCC(=O)O)C(=O)OC(C)(C)C)C(=O)OC(C)(C)C. The summed E-state index contributed by atoms with van der Waals surface area (Å²) in [5.74, 6) is -4.77. The number of nitrogens with one attached hydrogen (secondary N) is 3. The molecule has 0 aliphatic heterocycles. The Balaban J connectivity index is 5.61. The summed E-state index contributed by atoms with van der Waals surface area (Å²) in [6, 6.07) is -1.88. The van der Waals surface area contributed by atoms with E-state index in [1.54, 1.807) is 69.2 Å². The number of ether oxygens (including phenoxy) is 4. The predicted molar refractivity (Wildman–Crippen MR) is 212 cm³/mol. The van der Waals surface area contributed by atoms with Crippen LogP contribution in [0.5, 0.6) is 0 Å². The largest absolute Gasteiger partial charge is 0.480 e. The fourth-order valence-corrected chi connectivity index (χ4v) is 5.34. The average Bonchev–Trinajstić information content (AvgIpc) is 3.06. The van der Waals surface area contributed by atoms with Crippen molar-refractivity contribution >= 4 is 47.4 Å². The first-order valence-corrected chi connectivity index (χ1v) is 20.2. The number of unbranched alkanes of at least 4 members (excludes halogenated alkanes) is 4. The van der Waals surface area contributed by atoms with Gasteiger partial charge in [0.05, 0.1) is 12.0 Å². The minimum atomic E-state index is -1.06. The summed E-state index contributed by atoms with van der Waals surface area (Å²) in [6.45, 7) is 17.3. The molecule has 0 radical (unpaired) electrons. The summed E-state index contributed by atoms with van der Waals surface area (Å²) < 4.78 is 21.3. The molecule has 0 bridgehead atoms. The van der Waals surface area contributed by atoms with Gasteiger partial charge in [-0.1, -0.05) is 19.8 Å². The van der Waals surface area contributed by atoms with Crippen molar-refractivity contribution in [3.63, 3.8) is 0 Å². The Hall–Kier alpha value is -4.08. The Kier molecular flexibility index (Phi) is 24.8. The Labute approximate surface area is 339 Å². The van der Waals surface area contributed by atoms with Gasteiger partial charge in [-0.15, -0.1) is 0 Å². The highest BCUT2D eigenvalue weighted by Crippen LogP contribution is 2.21. The zero-order valence-electron chi connectivity index (χ0n) is 36.1. The molecule has 16 nitrogen and oxygen atoms in total. The molecule has 0 fully saturated rings. The highest BCUT2D eigenvalue weighted by Gasteiger charge is 2.31. The second-order valence-electron chi connectivity index (χ2n) is 17.2. The molecule has 16 heteroatoms. The van der Waals surface area contributed by atoms with Gasteiger partial charge >= 0.3 is 24.0 Å². The Morgan fingerprint density at radius 2 is 1.18 bits per heavy atom. The van der Waals surface area contributed by atoms with Crippen LogP contribution >= 0.6 is 0 Å². The van der Waals surface area contributed by atoms with E-state index >= 15 is 0 Å². The van der Waals surface area contributed by atoms with Gasteiger partial charge in [-0.3, -0.25) is 24.0 Å². The maximum atomic E-state index is 13.3. The molecular weight excluding hydrogens is 742 g/mol. The van der Waals surface area contributed by atoms with Crippen molar-refractivity contribution in [2.24, 2.45) is 5.92 Å². The Bertz CT molecular complexity index is 1310. The van der Waals surface area contributed by atoms with E-state index in [0.717, 1.165) is 6.42 Å². The second-order valence-corrected chi connectivity index (χ2v) is 17.2. The highest BCUT2D eigenvalue weighted by atomic mass is 16.6. The molecule has 0 aliphatic carbocycles. The van der Waals surface area contributed by atoms with E-state index in [2.05, 4.69) is 16.0 Å². The number of esters is 2. The third-order valence-electron chi connectivity index (χ3n) is 7.99. The summed E-state index contributed by atoms with van der Waals surface area (Å²) in [7, 11) is 0. The molecule has 0 aliphatic rings. The zero-order valence-corrected chi connectivity index (χ0v) is 36.1. The number of hydrogen-bond acceptors (Lipinski definition) is 12. The van der Waals surface area contributed by atoms with Gasteiger partial charge in [0.2, 0.25) is 11.8 Å². The molecule has 57 heavy (non-hydrogen) atoms. The molecule has 0 unspecified atom stereocenters. The Morgan fingerprint density at radius 3 is 1.75 bits per heavy atom. The quantitative estimate of drug-likeness (QED) is 0.0435. The normalized spacial score (nSPS) is 13.4. The molecule has 0 saturated carbocycles. The fraction of sp³-hybridized carbons (Fsp3) is 0.805. The maximum Gasteiger partial charge on any atom is 0.407 e. The lowest BCUT2D eigenvalue weighted by molar-refractivity contribution is -0.162. The standard InChI is InChI=1S/C41H71N3O13/c1-11-33(47)44-31(37(52)56-40(5,6)7)22-21-29(45)26-28(36(51)55-39(2,3)4)20-23-34(48)43-30(18-15-16-24-42-38(53)57-41(8,9)10)32(46)19-14-12-13-17-25-54-27-35(49)50/h28,30-31H,11-27H2,1-10H3,(H,42,53)(H,43,48)(H,44,47)(H,49,50)/t28-,30+,31+/m1/s1. The monoisotopic (exact) mass is 813 g/mol. The van der Waals surface area contributed by atoms with Crippen LogP contribution in [0.15, 0.2) is 0 Å². The van der Waals surface area contributed by atoms with E-state index in [9.17, 15) is 38.4 Å². The predicted octanol–water partition coefficient (Wildman–Crippen LogP) is 5.50. The van der Waals surface area contributed by atoms with Gasteiger partial charge in [0.15, 0.2) is 5.78 Å². The lowest BCUT2D eigenvalue weighted by atomic mass is 9.93. The van der Waals surface area contributed by atoms with Gasteiger partial charge in [0, 0.05) is 45.3 Å². The number of carbonyl (C=O) groups is 8. The third kappa shape index (κ3) is 29.8. The van der Waals surface area contributed by atoms with Crippen molar-refractivity contribution in [3.05, 3.63) is 0 Å². The minimum absolute atomic E-state index is 0.0424. The maximum absolute atomic E-state index is 13.3. The summed E-state index contributed by atoms with van der Waals surface area (Å²) in [6.07, 6.45) is 3.09. The number of carbonyl (C=O) groups excluding carboxylic acids is 7. The molecule has 0 aromatic carbocycles. The smallest absolute Gasteiger partial charge is 0.407 e. The second kappa shape index (κ2) is 26.8. The van der Waals surface area contributed by atoms with Crippen LogP contribution in [0.1, 0.15) is 159 Å². The van der Waals surface area contributed by atoms with Gasteiger partial charge in [0.25, 0.3) is 0 Å². The number of ketones is 2. The first kappa shape index (κ1) is 52.9. The molecule has 0 spiro atoms. The number of carboxylic acid groups (broad SMARTS) is 1. The molecule has 4 N–H and O–H groups in total. The van der Waals surface area contributed by atoms with Crippen molar-refractivity contribution in [3.8, 4) is 0 Å². The number of Topliss-reactive ketones (excluding diaryl/α,β-unsaturated/α-hetero) is 2. The number of rotatable bonds is 28. The van der Waals surface area contributed by atoms with Gasteiger partial charge < -0.3 is 40.0 Å². The van der Waals surface area contributed by atoms with Crippen molar-refractivity contribution < 1.29 is 62.4 Å². The van der Waals surface area contributed by atoms with Crippen LogP contribution in [0.4, 0.5) is 4.79 Å². The number of amides is 3. The van der Waals surface area contributed by atoms with Crippen molar-refractivity contribution in [1.29, 1.82) is 0 Å². The van der Waals surface area contributed by atoms with Gasteiger partial charge in [-0.2, -0.15) is 0 Å². The fourth-order valence-electron chi connectivity index (χ4n) is 5.34. The summed E-state index contributed by atoms with van der Waals surface area (Å²) in [5, 5.41) is 16.8. The molecule has 0 heterocycles. The molecule has 0 rings (SSSR count). The van der Waals surface area contributed by atoms with Crippen LogP contribution < -0.4 is 16.0 Å². The number of aliphatic carboxylic acids is 1. The van der Waals surface area contributed by atoms with Crippen LogP contribution in [0, 0.1) is 5.92 Å². The number of hydrogen-bond donors (Lipinski definition) is 4. The summed E-state index contributed by atoms with van der Waals surface area (Å²) in [4.78, 5) is 101. The Morgan fingerprint density at radius 1 is 0.596 bits per heavy atom. The first-order valence-electron chi connectivity index (χ1n) is 20.2. The zero-order chi connectivity index (χ0) is 43.8. The van der Waals surface area contributed by atoms with Crippen LogP contribution in [0.2, 0.25) is 0 Å². The van der Waals surface area contributed by atoms with Gasteiger partial charge in [-0.05, 0) is 107 Å². The number of carboxylic acids is 1. The van der Waals surface area contributed by atoms with Crippen LogP contribution in [0.25, 0.3) is 0 Å². The van der Waals surface area contributed by atoms with Gasteiger partial charge in [-0.25, -0.2) is 14.4 Å². The van der Waals surface area contributed by atoms with Gasteiger partial charge in [0.1, 0.15) is 35.2 Å².